The Bertz CT molecular complexity index is 526. The largest absolute Gasteiger partial charge is 0.313 e. The highest BCUT2D eigenvalue weighted by Crippen LogP contribution is 2.30. The fraction of sp³-hybridized carbons (Fsp3) is 0.312. The van der Waals surface area contributed by atoms with Gasteiger partial charge in [0.05, 0.1) is 0 Å². The molecule has 1 aromatic heterocycles. The second-order valence-corrected chi connectivity index (χ2v) is 5.54. The topological polar surface area (TPSA) is 24.9 Å². The quantitative estimate of drug-likeness (QED) is 0.803. The van der Waals surface area contributed by atoms with Gasteiger partial charge in [-0.3, -0.25) is 0 Å². The molecule has 0 unspecified atom stereocenters. The Hall–Kier alpha value is -1.32. The van der Waals surface area contributed by atoms with Gasteiger partial charge in [0.1, 0.15) is 5.03 Å². The van der Waals surface area contributed by atoms with Gasteiger partial charge >= 0.3 is 0 Å². The molecule has 0 radical (unpaired) electrons. The standard InChI is InChI=1S/C16H20N2S/c1-3-10-17-12-14-8-6-11-18-16(14)19-15-9-5-4-7-13(15)2/h4-9,11,17H,3,10,12H2,1-2H3. The molecular weight excluding hydrogens is 252 g/mol. The van der Waals surface area contributed by atoms with E-state index in [1.807, 2.05) is 12.3 Å². The number of hydrogen-bond donors (Lipinski definition) is 1. The first kappa shape index (κ1) is 14.1. The van der Waals surface area contributed by atoms with Crippen molar-refractivity contribution >= 4 is 11.8 Å². The van der Waals surface area contributed by atoms with Gasteiger partial charge in [0.15, 0.2) is 0 Å². The van der Waals surface area contributed by atoms with Crippen LogP contribution in [0.5, 0.6) is 0 Å². The zero-order valence-electron chi connectivity index (χ0n) is 11.5. The molecule has 1 aromatic carbocycles. The first-order valence-electron chi connectivity index (χ1n) is 6.69. The van der Waals surface area contributed by atoms with E-state index in [-0.39, 0.29) is 0 Å². The van der Waals surface area contributed by atoms with E-state index in [1.165, 1.54) is 16.0 Å². The Kier molecular flexibility index (Phi) is 5.43. The molecule has 0 aliphatic rings. The van der Waals surface area contributed by atoms with Crippen molar-refractivity contribution in [3.8, 4) is 0 Å². The lowest BCUT2D eigenvalue weighted by atomic mass is 10.2. The monoisotopic (exact) mass is 272 g/mol. The maximum absolute atomic E-state index is 4.52. The molecule has 1 N–H and O–H groups in total. The summed E-state index contributed by atoms with van der Waals surface area (Å²) < 4.78 is 0. The van der Waals surface area contributed by atoms with Gasteiger partial charge in [0.25, 0.3) is 0 Å². The lowest BCUT2D eigenvalue weighted by Gasteiger charge is -2.10. The lowest BCUT2D eigenvalue weighted by molar-refractivity contribution is 0.665. The Morgan fingerprint density at radius 3 is 2.79 bits per heavy atom. The summed E-state index contributed by atoms with van der Waals surface area (Å²) in [6.45, 7) is 6.25. The molecule has 0 aliphatic heterocycles. The predicted octanol–water partition coefficient (Wildman–Crippen LogP) is 4.04. The third-order valence-electron chi connectivity index (χ3n) is 2.89. The van der Waals surface area contributed by atoms with Crippen molar-refractivity contribution < 1.29 is 0 Å². The summed E-state index contributed by atoms with van der Waals surface area (Å²) in [5.41, 5.74) is 2.56. The minimum absolute atomic E-state index is 0.885. The summed E-state index contributed by atoms with van der Waals surface area (Å²) in [7, 11) is 0. The highest BCUT2D eigenvalue weighted by Gasteiger charge is 2.06. The number of nitrogens with zero attached hydrogens (tertiary/aromatic N) is 1. The molecule has 0 spiro atoms. The van der Waals surface area contributed by atoms with Gasteiger partial charge in [-0.05, 0) is 43.1 Å². The van der Waals surface area contributed by atoms with Crippen molar-refractivity contribution in [1.29, 1.82) is 0 Å². The molecule has 2 aromatic rings. The zero-order chi connectivity index (χ0) is 13.5. The lowest BCUT2D eigenvalue weighted by Crippen LogP contribution is -2.14. The fourth-order valence-electron chi connectivity index (χ4n) is 1.83. The highest BCUT2D eigenvalue weighted by atomic mass is 32.2. The molecule has 2 nitrogen and oxygen atoms in total. The van der Waals surface area contributed by atoms with E-state index in [4.69, 9.17) is 0 Å². The molecule has 1 heterocycles. The molecule has 0 aliphatic carbocycles. The fourth-order valence-corrected chi connectivity index (χ4v) is 2.79. The predicted molar refractivity (Wildman–Crippen MR) is 81.5 cm³/mol. The van der Waals surface area contributed by atoms with Gasteiger partial charge < -0.3 is 5.32 Å². The number of rotatable bonds is 6. The van der Waals surface area contributed by atoms with Crippen molar-refractivity contribution in [1.82, 2.24) is 10.3 Å². The summed E-state index contributed by atoms with van der Waals surface area (Å²) in [6, 6.07) is 12.6. The maximum atomic E-state index is 4.52. The molecule has 0 amide bonds. The van der Waals surface area contributed by atoms with Crippen molar-refractivity contribution in [3.63, 3.8) is 0 Å². The van der Waals surface area contributed by atoms with Gasteiger partial charge in [0.2, 0.25) is 0 Å². The number of benzene rings is 1. The van der Waals surface area contributed by atoms with E-state index in [2.05, 4.69) is 54.5 Å². The number of aromatic nitrogens is 1. The number of hydrogen-bond acceptors (Lipinski definition) is 3. The van der Waals surface area contributed by atoms with Crippen molar-refractivity contribution in [3.05, 3.63) is 53.7 Å². The normalized spacial score (nSPS) is 10.6. The molecule has 0 bridgehead atoms. The van der Waals surface area contributed by atoms with Gasteiger partial charge in [-0.1, -0.05) is 43.0 Å². The van der Waals surface area contributed by atoms with Crippen LogP contribution in [0.2, 0.25) is 0 Å². The van der Waals surface area contributed by atoms with Crippen LogP contribution in [0.4, 0.5) is 0 Å². The second-order valence-electron chi connectivity index (χ2n) is 4.51. The van der Waals surface area contributed by atoms with E-state index < -0.39 is 0 Å². The summed E-state index contributed by atoms with van der Waals surface area (Å²) in [5, 5.41) is 4.54. The first-order chi connectivity index (χ1) is 9.31. The number of pyridine rings is 1. The Morgan fingerprint density at radius 2 is 2.00 bits per heavy atom. The maximum Gasteiger partial charge on any atom is 0.105 e. The number of aryl methyl sites for hydroxylation is 1. The average Bonchev–Trinajstić information content (AvgIpc) is 2.43. The summed E-state index contributed by atoms with van der Waals surface area (Å²) in [6.07, 6.45) is 3.02. The van der Waals surface area contributed by atoms with Crippen molar-refractivity contribution in [2.45, 2.75) is 36.7 Å². The molecule has 0 fully saturated rings. The van der Waals surface area contributed by atoms with Gasteiger partial charge in [0, 0.05) is 17.6 Å². The first-order valence-corrected chi connectivity index (χ1v) is 7.51. The van der Waals surface area contributed by atoms with Crippen LogP contribution in [0.25, 0.3) is 0 Å². The molecule has 0 saturated heterocycles. The van der Waals surface area contributed by atoms with Crippen LogP contribution >= 0.6 is 11.8 Å². The van der Waals surface area contributed by atoms with Crippen LogP contribution in [0.1, 0.15) is 24.5 Å². The molecule has 0 saturated carbocycles. The van der Waals surface area contributed by atoms with Crippen LogP contribution in [-0.4, -0.2) is 11.5 Å². The van der Waals surface area contributed by atoms with E-state index in [0.717, 1.165) is 24.5 Å². The van der Waals surface area contributed by atoms with Crippen molar-refractivity contribution in [2.75, 3.05) is 6.54 Å². The minimum Gasteiger partial charge on any atom is -0.313 e. The molecule has 3 heteroatoms. The third kappa shape index (κ3) is 4.08. The van der Waals surface area contributed by atoms with Gasteiger partial charge in [-0.25, -0.2) is 4.98 Å². The van der Waals surface area contributed by atoms with Crippen LogP contribution in [0.15, 0.2) is 52.5 Å². The molecule has 2 rings (SSSR count). The molecular formula is C16H20N2S. The summed E-state index contributed by atoms with van der Waals surface area (Å²) in [5.74, 6) is 0. The third-order valence-corrected chi connectivity index (χ3v) is 4.13. The van der Waals surface area contributed by atoms with Crippen molar-refractivity contribution in [2.24, 2.45) is 0 Å². The molecule has 0 atom stereocenters. The molecule has 19 heavy (non-hydrogen) atoms. The Labute approximate surface area is 119 Å². The minimum atomic E-state index is 0.885. The van der Waals surface area contributed by atoms with Crippen LogP contribution in [0, 0.1) is 6.92 Å². The van der Waals surface area contributed by atoms with E-state index >= 15 is 0 Å². The Morgan fingerprint density at radius 1 is 1.16 bits per heavy atom. The number of nitrogens with one attached hydrogen (secondary N) is 1. The van der Waals surface area contributed by atoms with Crippen LogP contribution < -0.4 is 5.32 Å². The van der Waals surface area contributed by atoms with E-state index in [0.29, 0.717) is 0 Å². The average molecular weight is 272 g/mol. The van der Waals surface area contributed by atoms with Gasteiger partial charge in [-0.15, -0.1) is 0 Å². The molecule has 100 valence electrons. The van der Waals surface area contributed by atoms with Gasteiger partial charge in [-0.2, -0.15) is 0 Å². The highest BCUT2D eigenvalue weighted by molar-refractivity contribution is 7.99. The summed E-state index contributed by atoms with van der Waals surface area (Å²) >= 11 is 1.75. The van der Waals surface area contributed by atoms with Crippen LogP contribution in [-0.2, 0) is 6.54 Å². The van der Waals surface area contributed by atoms with Crippen LogP contribution in [0.3, 0.4) is 0 Å². The second kappa shape index (κ2) is 7.31. The summed E-state index contributed by atoms with van der Waals surface area (Å²) in [4.78, 5) is 5.79. The van der Waals surface area contributed by atoms with E-state index in [1.54, 1.807) is 11.8 Å². The smallest absolute Gasteiger partial charge is 0.105 e. The SMILES string of the molecule is CCCNCc1cccnc1Sc1ccccc1C. The Balaban J connectivity index is 2.13. The zero-order valence-corrected chi connectivity index (χ0v) is 12.3. The van der Waals surface area contributed by atoms with E-state index in [9.17, 15) is 0 Å².